The smallest absolute Gasteiger partial charge is 0.330 e. The minimum absolute atomic E-state index is 0.0916. The maximum Gasteiger partial charge on any atom is 0.330 e. The van der Waals surface area contributed by atoms with Crippen LogP contribution in [0.25, 0.3) is 6.08 Å². The van der Waals surface area contributed by atoms with E-state index in [1.54, 1.807) is 12.1 Å². The number of hydrogen-bond acceptors (Lipinski definition) is 10. The molecule has 10 nitrogen and oxygen atoms in total. The summed E-state index contributed by atoms with van der Waals surface area (Å²) < 4.78 is 21.4. The SMILES string of the molecule is COc1cc(O[C@@H]2O[C@H](COC(=O)C=Cc3ccc(O)cc3)[C@@H](O)[C@H](O)[C@H]2O)ccc1C(C)=O. The Morgan fingerprint density at radius 2 is 1.74 bits per heavy atom. The number of esters is 1. The van der Waals surface area contributed by atoms with Crippen molar-refractivity contribution in [1.29, 1.82) is 0 Å². The van der Waals surface area contributed by atoms with E-state index in [0.29, 0.717) is 11.1 Å². The number of phenols is 1. The Balaban J connectivity index is 1.63. The molecule has 0 amide bonds. The monoisotopic (exact) mass is 474 g/mol. The van der Waals surface area contributed by atoms with E-state index in [0.717, 1.165) is 6.08 Å². The van der Waals surface area contributed by atoms with Gasteiger partial charge >= 0.3 is 5.97 Å². The Kier molecular flexibility index (Phi) is 8.24. The zero-order chi connectivity index (χ0) is 24.8. The van der Waals surface area contributed by atoms with Crippen LogP contribution in [0, 0.1) is 0 Å². The molecule has 0 radical (unpaired) electrons. The van der Waals surface area contributed by atoms with Gasteiger partial charge in [-0.25, -0.2) is 4.79 Å². The summed E-state index contributed by atoms with van der Waals surface area (Å²) in [7, 11) is 1.39. The van der Waals surface area contributed by atoms with Crippen molar-refractivity contribution in [1.82, 2.24) is 0 Å². The molecule has 10 heteroatoms. The topological polar surface area (TPSA) is 152 Å². The van der Waals surface area contributed by atoms with Crippen molar-refractivity contribution >= 4 is 17.8 Å². The maximum atomic E-state index is 12.0. The van der Waals surface area contributed by atoms with Gasteiger partial charge in [0.25, 0.3) is 0 Å². The first-order valence-electron chi connectivity index (χ1n) is 10.4. The molecule has 182 valence electrons. The van der Waals surface area contributed by atoms with Crippen molar-refractivity contribution in [3.63, 3.8) is 0 Å². The highest BCUT2D eigenvalue weighted by atomic mass is 16.7. The fourth-order valence-electron chi connectivity index (χ4n) is 3.28. The second-order valence-electron chi connectivity index (χ2n) is 7.61. The van der Waals surface area contributed by atoms with Crippen LogP contribution in [0.3, 0.4) is 0 Å². The first kappa shape index (κ1) is 25.2. The van der Waals surface area contributed by atoms with E-state index in [9.17, 15) is 30.0 Å². The molecule has 1 heterocycles. The molecule has 0 aliphatic carbocycles. The third-order valence-electron chi connectivity index (χ3n) is 5.17. The van der Waals surface area contributed by atoms with E-state index < -0.39 is 43.3 Å². The van der Waals surface area contributed by atoms with E-state index in [1.165, 1.54) is 50.4 Å². The molecule has 0 unspecified atom stereocenters. The molecule has 1 saturated heterocycles. The summed E-state index contributed by atoms with van der Waals surface area (Å²) in [4.78, 5) is 23.7. The molecule has 2 aromatic carbocycles. The summed E-state index contributed by atoms with van der Waals surface area (Å²) in [5.41, 5.74) is 0.988. The third kappa shape index (κ3) is 6.12. The molecular weight excluding hydrogens is 448 g/mol. The fourth-order valence-corrected chi connectivity index (χ4v) is 3.28. The number of aromatic hydroxyl groups is 1. The van der Waals surface area contributed by atoms with Crippen molar-refractivity contribution in [2.45, 2.75) is 37.6 Å². The van der Waals surface area contributed by atoms with Gasteiger partial charge < -0.3 is 39.4 Å². The zero-order valence-electron chi connectivity index (χ0n) is 18.5. The first-order chi connectivity index (χ1) is 16.2. The molecule has 1 aliphatic heterocycles. The van der Waals surface area contributed by atoms with Gasteiger partial charge in [0.1, 0.15) is 48.3 Å². The van der Waals surface area contributed by atoms with Crippen LogP contribution >= 0.6 is 0 Å². The highest BCUT2D eigenvalue weighted by Crippen LogP contribution is 2.29. The molecule has 0 bridgehead atoms. The number of ketones is 1. The van der Waals surface area contributed by atoms with Crippen molar-refractivity contribution in [2.75, 3.05) is 13.7 Å². The van der Waals surface area contributed by atoms with Gasteiger partial charge in [-0.1, -0.05) is 12.1 Å². The highest BCUT2D eigenvalue weighted by molar-refractivity contribution is 5.97. The third-order valence-corrected chi connectivity index (χ3v) is 5.17. The van der Waals surface area contributed by atoms with Crippen molar-refractivity contribution < 1.29 is 49.0 Å². The number of Topliss-reactive ketones (excluding diaryl/α,β-unsaturated/α-hetero) is 1. The summed E-state index contributed by atoms with van der Waals surface area (Å²) in [6.45, 7) is 0.964. The first-order valence-corrected chi connectivity index (χ1v) is 10.4. The fraction of sp³-hybridized carbons (Fsp3) is 0.333. The van der Waals surface area contributed by atoms with Gasteiger partial charge in [0, 0.05) is 12.1 Å². The molecule has 1 aliphatic rings. The molecule has 34 heavy (non-hydrogen) atoms. The number of methoxy groups -OCH3 is 1. The lowest BCUT2D eigenvalue weighted by Gasteiger charge is -2.39. The lowest BCUT2D eigenvalue weighted by molar-refractivity contribution is -0.278. The van der Waals surface area contributed by atoms with E-state index in [4.69, 9.17) is 18.9 Å². The average Bonchev–Trinajstić information content (AvgIpc) is 2.83. The summed E-state index contributed by atoms with van der Waals surface area (Å²) in [6.07, 6.45) is -4.73. The average molecular weight is 474 g/mol. The van der Waals surface area contributed by atoms with E-state index in [-0.39, 0.29) is 23.0 Å². The van der Waals surface area contributed by atoms with Crippen LogP contribution in [0.2, 0.25) is 0 Å². The molecule has 0 spiro atoms. The second kappa shape index (κ2) is 11.1. The lowest BCUT2D eigenvalue weighted by atomic mass is 9.99. The van der Waals surface area contributed by atoms with Crippen molar-refractivity contribution in [3.05, 3.63) is 59.7 Å². The molecule has 3 rings (SSSR count). The van der Waals surface area contributed by atoms with Crippen molar-refractivity contribution in [2.24, 2.45) is 0 Å². The summed E-state index contributed by atoms with van der Waals surface area (Å²) in [5.74, 6) is -0.415. The molecule has 0 aromatic heterocycles. The van der Waals surface area contributed by atoms with Gasteiger partial charge in [0.05, 0.1) is 12.7 Å². The number of phenolic OH excluding ortho intramolecular Hbond substituents is 1. The molecule has 4 N–H and O–H groups in total. The van der Waals surface area contributed by atoms with E-state index >= 15 is 0 Å². The van der Waals surface area contributed by atoms with Gasteiger partial charge in [-0.15, -0.1) is 0 Å². The Hall–Kier alpha value is -3.44. The normalized spacial score (nSPS) is 24.6. The maximum absolute atomic E-state index is 12.0. The molecule has 2 aromatic rings. The Morgan fingerprint density at radius 3 is 2.38 bits per heavy atom. The van der Waals surface area contributed by atoms with Gasteiger partial charge in [-0.05, 0) is 42.8 Å². The predicted octanol–water partition coefficient (Wildman–Crippen LogP) is 1.05. The number of aliphatic hydroxyl groups excluding tert-OH is 3. The number of aliphatic hydroxyl groups is 3. The number of carbonyl (C=O) groups is 2. The highest BCUT2D eigenvalue weighted by Gasteiger charge is 2.45. The zero-order valence-corrected chi connectivity index (χ0v) is 18.5. The largest absolute Gasteiger partial charge is 0.508 e. The van der Waals surface area contributed by atoms with Gasteiger partial charge in [0.2, 0.25) is 6.29 Å². The second-order valence-corrected chi connectivity index (χ2v) is 7.61. The van der Waals surface area contributed by atoms with Gasteiger partial charge in [-0.2, -0.15) is 0 Å². The van der Waals surface area contributed by atoms with Crippen LogP contribution in [-0.2, 0) is 14.3 Å². The van der Waals surface area contributed by atoms with Crippen LogP contribution in [-0.4, -0.2) is 76.6 Å². The van der Waals surface area contributed by atoms with Gasteiger partial charge in [-0.3, -0.25) is 4.79 Å². The van der Waals surface area contributed by atoms with Gasteiger partial charge in [0.15, 0.2) is 5.78 Å². The van der Waals surface area contributed by atoms with E-state index in [2.05, 4.69) is 0 Å². The number of hydrogen-bond donors (Lipinski definition) is 4. The number of benzene rings is 2. The van der Waals surface area contributed by atoms with E-state index in [1.807, 2.05) is 0 Å². The summed E-state index contributed by atoms with van der Waals surface area (Å²) in [6, 6.07) is 10.5. The minimum Gasteiger partial charge on any atom is -0.508 e. The Labute approximate surface area is 195 Å². The Bertz CT molecular complexity index is 1030. The number of carbonyl (C=O) groups excluding carboxylic acids is 2. The van der Waals surface area contributed by atoms with Crippen molar-refractivity contribution in [3.8, 4) is 17.2 Å². The Morgan fingerprint density at radius 1 is 1.03 bits per heavy atom. The number of ether oxygens (including phenoxy) is 4. The minimum atomic E-state index is -1.63. The summed E-state index contributed by atoms with van der Waals surface area (Å²) >= 11 is 0. The van der Waals surface area contributed by atoms with Crippen LogP contribution in [0.1, 0.15) is 22.8 Å². The molecule has 5 atom stereocenters. The molecule has 1 fully saturated rings. The standard InChI is InChI=1S/C24H26O10/c1-13(25)17-9-8-16(11-18(17)31-2)33-24-23(30)22(29)21(28)19(34-24)12-32-20(27)10-5-14-3-6-15(26)7-4-14/h3-11,19,21-24,26,28-30H,12H2,1-2H3/t19-,21-,22+,23-,24-/m1/s1. The predicted molar refractivity (Wildman–Crippen MR) is 118 cm³/mol. The van der Waals surface area contributed by atoms with Crippen LogP contribution in [0.5, 0.6) is 17.2 Å². The quantitative estimate of drug-likeness (QED) is 0.248. The molecule has 0 saturated carbocycles. The van der Waals surface area contributed by atoms with Crippen LogP contribution in [0.4, 0.5) is 0 Å². The van der Waals surface area contributed by atoms with Crippen LogP contribution in [0.15, 0.2) is 48.5 Å². The summed E-state index contributed by atoms with van der Waals surface area (Å²) in [5, 5.41) is 40.0. The lowest BCUT2D eigenvalue weighted by Crippen LogP contribution is -2.60. The van der Waals surface area contributed by atoms with Crippen LogP contribution < -0.4 is 9.47 Å². The molecular formula is C24H26O10. The number of rotatable bonds is 8.